The molecule has 0 radical (unpaired) electrons. The third-order valence-corrected chi connectivity index (χ3v) is 2.36. The van der Waals surface area contributed by atoms with E-state index in [0.717, 1.165) is 18.0 Å². The number of rotatable bonds is 4. The lowest BCUT2D eigenvalue weighted by Crippen LogP contribution is -2.21. The van der Waals surface area contributed by atoms with Gasteiger partial charge in [0.05, 0.1) is 18.4 Å². The summed E-state index contributed by atoms with van der Waals surface area (Å²) < 4.78 is 12.7. The number of benzene rings is 1. The van der Waals surface area contributed by atoms with Gasteiger partial charge in [0, 0.05) is 6.54 Å². The fourth-order valence-electron chi connectivity index (χ4n) is 1.51. The highest BCUT2D eigenvalue weighted by Gasteiger charge is 2.09. The number of halogens is 1. The zero-order valence-corrected chi connectivity index (χ0v) is 9.18. The normalized spacial score (nSPS) is 12.1. The first-order chi connectivity index (χ1) is 8.29. The van der Waals surface area contributed by atoms with Crippen LogP contribution in [-0.2, 0) is 0 Å². The largest absolute Gasteiger partial charge is 0.346 e. The van der Waals surface area contributed by atoms with E-state index in [2.05, 4.69) is 15.3 Å². The standard InChI is InChI=1S/C12H13FN4/c13-10-7-15-12(16-8-10)17-11(6-14)9-4-2-1-3-5-9/h1-5,7-8,11H,6,14H2,(H,15,16,17). The van der Waals surface area contributed by atoms with Crippen LogP contribution in [0.2, 0.25) is 0 Å². The smallest absolute Gasteiger partial charge is 0.223 e. The first-order valence-electron chi connectivity index (χ1n) is 5.28. The van der Waals surface area contributed by atoms with E-state index in [0.29, 0.717) is 12.5 Å². The molecule has 1 heterocycles. The Bertz CT molecular complexity index is 458. The molecule has 88 valence electrons. The number of nitrogens with one attached hydrogen (secondary N) is 1. The Morgan fingerprint density at radius 2 is 1.82 bits per heavy atom. The third-order valence-electron chi connectivity index (χ3n) is 2.36. The summed E-state index contributed by atoms with van der Waals surface area (Å²) >= 11 is 0. The van der Waals surface area contributed by atoms with Gasteiger partial charge < -0.3 is 11.1 Å². The quantitative estimate of drug-likeness (QED) is 0.842. The van der Waals surface area contributed by atoms with Crippen molar-refractivity contribution in [1.29, 1.82) is 0 Å². The van der Waals surface area contributed by atoms with Crippen LogP contribution >= 0.6 is 0 Å². The molecule has 2 rings (SSSR count). The average Bonchev–Trinajstić information content (AvgIpc) is 2.39. The molecule has 2 aromatic rings. The highest BCUT2D eigenvalue weighted by Crippen LogP contribution is 2.15. The van der Waals surface area contributed by atoms with E-state index in [1.807, 2.05) is 30.3 Å². The van der Waals surface area contributed by atoms with Gasteiger partial charge in [-0.2, -0.15) is 0 Å². The van der Waals surface area contributed by atoms with Crippen molar-refractivity contribution in [3.05, 3.63) is 54.1 Å². The van der Waals surface area contributed by atoms with Gasteiger partial charge in [-0.05, 0) is 5.56 Å². The van der Waals surface area contributed by atoms with Gasteiger partial charge in [0.1, 0.15) is 0 Å². The topological polar surface area (TPSA) is 63.8 Å². The number of nitrogens with zero attached hydrogens (tertiary/aromatic N) is 2. The minimum absolute atomic E-state index is 0.0818. The lowest BCUT2D eigenvalue weighted by molar-refractivity contribution is 0.613. The van der Waals surface area contributed by atoms with Gasteiger partial charge >= 0.3 is 0 Å². The van der Waals surface area contributed by atoms with Gasteiger partial charge in [-0.25, -0.2) is 14.4 Å². The van der Waals surface area contributed by atoms with E-state index in [1.165, 1.54) is 0 Å². The van der Waals surface area contributed by atoms with Gasteiger partial charge in [-0.1, -0.05) is 30.3 Å². The Balaban J connectivity index is 2.13. The molecule has 0 bridgehead atoms. The van der Waals surface area contributed by atoms with Gasteiger partial charge in [-0.3, -0.25) is 0 Å². The van der Waals surface area contributed by atoms with E-state index in [-0.39, 0.29) is 6.04 Å². The summed E-state index contributed by atoms with van der Waals surface area (Å²) in [7, 11) is 0. The summed E-state index contributed by atoms with van der Waals surface area (Å²) in [5.41, 5.74) is 6.73. The second-order valence-corrected chi connectivity index (χ2v) is 3.57. The zero-order valence-electron chi connectivity index (χ0n) is 9.18. The van der Waals surface area contributed by atoms with E-state index in [4.69, 9.17) is 5.73 Å². The summed E-state index contributed by atoms with van der Waals surface area (Å²) in [6.07, 6.45) is 2.24. The number of aromatic nitrogens is 2. The second-order valence-electron chi connectivity index (χ2n) is 3.57. The van der Waals surface area contributed by atoms with Crippen molar-refractivity contribution in [3.63, 3.8) is 0 Å². The van der Waals surface area contributed by atoms with E-state index < -0.39 is 5.82 Å². The maximum atomic E-state index is 12.7. The van der Waals surface area contributed by atoms with E-state index in [1.54, 1.807) is 0 Å². The van der Waals surface area contributed by atoms with Gasteiger partial charge in [-0.15, -0.1) is 0 Å². The predicted octanol–water partition coefficient (Wildman–Crippen LogP) is 1.73. The zero-order chi connectivity index (χ0) is 12.1. The molecule has 1 unspecified atom stereocenters. The molecule has 0 aliphatic carbocycles. The van der Waals surface area contributed by atoms with Gasteiger partial charge in [0.15, 0.2) is 5.82 Å². The van der Waals surface area contributed by atoms with Crippen LogP contribution in [0.4, 0.5) is 10.3 Å². The van der Waals surface area contributed by atoms with Crippen LogP contribution in [-0.4, -0.2) is 16.5 Å². The molecule has 0 aliphatic rings. The molecule has 0 spiro atoms. The molecule has 4 nitrogen and oxygen atoms in total. The van der Waals surface area contributed by atoms with Gasteiger partial charge in [0.25, 0.3) is 0 Å². The van der Waals surface area contributed by atoms with Crippen molar-refractivity contribution in [2.45, 2.75) is 6.04 Å². The molecule has 17 heavy (non-hydrogen) atoms. The predicted molar refractivity (Wildman–Crippen MR) is 63.9 cm³/mol. The fourth-order valence-corrected chi connectivity index (χ4v) is 1.51. The van der Waals surface area contributed by atoms with Crippen LogP contribution in [0.3, 0.4) is 0 Å². The molecule has 0 amide bonds. The maximum Gasteiger partial charge on any atom is 0.223 e. The van der Waals surface area contributed by atoms with Crippen LogP contribution in [0.1, 0.15) is 11.6 Å². The van der Waals surface area contributed by atoms with Crippen molar-refractivity contribution in [1.82, 2.24) is 9.97 Å². The Kier molecular flexibility index (Phi) is 3.62. The molecular formula is C12H13FN4. The molecular weight excluding hydrogens is 219 g/mol. The van der Waals surface area contributed by atoms with Crippen molar-refractivity contribution >= 4 is 5.95 Å². The molecule has 1 aromatic heterocycles. The van der Waals surface area contributed by atoms with E-state index >= 15 is 0 Å². The van der Waals surface area contributed by atoms with Crippen molar-refractivity contribution in [2.24, 2.45) is 5.73 Å². The van der Waals surface area contributed by atoms with Crippen LogP contribution in [0.25, 0.3) is 0 Å². The van der Waals surface area contributed by atoms with Crippen LogP contribution in [0.15, 0.2) is 42.7 Å². The maximum absolute atomic E-state index is 12.7. The van der Waals surface area contributed by atoms with Crippen LogP contribution < -0.4 is 11.1 Å². The molecule has 0 saturated heterocycles. The Labute approximate surface area is 98.7 Å². The average molecular weight is 232 g/mol. The Morgan fingerprint density at radius 1 is 1.18 bits per heavy atom. The Morgan fingerprint density at radius 3 is 2.41 bits per heavy atom. The first-order valence-corrected chi connectivity index (χ1v) is 5.28. The van der Waals surface area contributed by atoms with Crippen molar-refractivity contribution in [2.75, 3.05) is 11.9 Å². The highest BCUT2D eigenvalue weighted by atomic mass is 19.1. The van der Waals surface area contributed by atoms with Crippen molar-refractivity contribution < 1.29 is 4.39 Å². The number of hydrogen-bond donors (Lipinski definition) is 2. The molecule has 0 aliphatic heterocycles. The summed E-state index contributed by atoms with van der Waals surface area (Å²) in [4.78, 5) is 7.68. The molecule has 1 atom stereocenters. The number of nitrogens with two attached hydrogens (primary N) is 1. The molecule has 0 saturated carbocycles. The SMILES string of the molecule is NCC(Nc1ncc(F)cn1)c1ccccc1. The van der Waals surface area contributed by atoms with E-state index in [9.17, 15) is 4.39 Å². The highest BCUT2D eigenvalue weighted by molar-refractivity contribution is 5.31. The summed E-state index contributed by atoms with van der Waals surface area (Å²) in [5, 5.41) is 3.06. The Hall–Kier alpha value is -2.01. The summed E-state index contributed by atoms with van der Waals surface area (Å²) in [5.74, 6) is -0.0923. The number of hydrogen-bond acceptors (Lipinski definition) is 4. The van der Waals surface area contributed by atoms with Crippen molar-refractivity contribution in [3.8, 4) is 0 Å². The summed E-state index contributed by atoms with van der Waals surface area (Å²) in [6, 6.07) is 9.66. The lowest BCUT2D eigenvalue weighted by Gasteiger charge is -2.16. The minimum atomic E-state index is -0.459. The fraction of sp³-hybridized carbons (Fsp3) is 0.167. The number of anilines is 1. The molecule has 1 aromatic carbocycles. The molecule has 0 fully saturated rings. The monoisotopic (exact) mass is 232 g/mol. The first kappa shape index (κ1) is 11.5. The third kappa shape index (κ3) is 2.98. The summed E-state index contributed by atoms with van der Waals surface area (Å²) in [6.45, 7) is 0.407. The lowest BCUT2D eigenvalue weighted by atomic mass is 10.1. The second kappa shape index (κ2) is 5.36. The van der Waals surface area contributed by atoms with Crippen LogP contribution in [0.5, 0.6) is 0 Å². The molecule has 3 N–H and O–H groups in total. The van der Waals surface area contributed by atoms with Gasteiger partial charge in [0.2, 0.25) is 5.95 Å². The molecule has 5 heteroatoms. The van der Waals surface area contributed by atoms with Crippen LogP contribution in [0, 0.1) is 5.82 Å². The minimum Gasteiger partial charge on any atom is -0.346 e.